The normalized spacial score (nSPS) is 11.3. The van der Waals surface area contributed by atoms with Crippen LogP contribution in [0.5, 0.6) is 0 Å². The van der Waals surface area contributed by atoms with Gasteiger partial charge in [0.05, 0.1) is 11.4 Å². The number of nitrogens with one attached hydrogen (secondary N) is 1. The molecule has 0 atom stereocenters. The number of carboxylic acids is 1. The van der Waals surface area contributed by atoms with Crippen LogP contribution in [-0.2, 0) is 4.79 Å². The summed E-state index contributed by atoms with van der Waals surface area (Å²) in [6.07, 6.45) is 0. The standard InChI is InChI=1S/C14H15FN4O3/c1-8-11(12(20)16-14(2,3)13(21)22)17-18-19(8)10-6-4-9(15)5-7-10/h4-7H,1-3H3,(H,16,20)(H,21,22). The summed E-state index contributed by atoms with van der Waals surface area (Å²) < 4.78 is 14.3. The quantitative estimate of drug-likeness (QED) is 0.887. The van der Waals surface area contributed by atoms with Gasteiger partial charge < -0.3 is 10.4 Å². The van der Waals surface area contributed by atoms with Crippen molar-refractivity contribution in [1.29, 1.82) is 0 Å². The molecule has 22 heavy (non-hydrogen) atoms. The number of carbonyl (C=O) groups is 2. The monoisotopic (exact) mass is 306 g/mol. The van der Waals surface area contributed by atoms with E-state index < -0.39 is 17.4 Å². The van der Waals surface area contributed by atoms with Gasteiger partial charge in [-0.25, -0.2) is 13.9 Å². The number of aliphatic carboxylic acids is 1. The van der Waals surface area contributed by atoms with Gasteiger partial charge in [0.2, 0.25) is 0 Å². The van der Waals surface area contributed by atoms with E-state index in [-0.39, 0.29) is 11.5 Å². The van der Waals surface area contributed by atoms with Crippen molar-refractivity contribution in [3.8, 4) is 5.69 Å². The molecule has 8 heteroatoms. The molecule has 0 radical (unpaired) electrons. The molecule has 1 amide bonds. The zero-order valence-electron chi connectivity index (χ0n) is 12.3. The Morgan fingerprint density at radius 2 is 1.86 bits per heavy atom. The van der Waals surface area contributed by atoms with Gasteiger partial charge in [-0.3, -0.25) is 4.79 Å². The fourth-order valence-electron chi connectivity index (χ4n) is 1.76. The Morgan fingerprint density at radius 1 is 1.27 bits per heavy atom. The first-order valence-corrected chi connectivity index (χ1v) is 6.46. The number of aromatic nitrogens is 3. The van der Waals surface area contributed by atoms with E-state index in [9.17, 15) is 14.0 Å². The molecule has 1 aromatic carbocycles. The number of benzene rings is 1. The van der Waals surface area contributed by atoms with Gasteiger partial charge in [-0.05, 0) is 45.0 Å². The number of carbonyl (C=O) groups excluding carboxylic acids is 1. The van der Waals surface area contributed by atoms with Gasteiger partial charge in [0.15, 0.2) is 5.69 Å². The van der Waals surface area contributed by atoms with Gasteiger partial charge in [-0.1, -0.05) is 5.21 Å². The second kappa shape index (κ2) is 5.55. The third-order valence-corrected chi connectivity index (χ3v) is 3.14. The maximum Gasteiger partial charge on any atom is 0.328 e. The average Bonchev–Trinajstić information content (AvgIpc) is 2.81. The van der Waals surface area contributed by atoms with Crippen molar-refractivity contribution in [3.05, 3.63) is 41.5 Å². The maximum atomic E-state index is 12.9. The van der Waals surface area contributed by atoms with Gasteiger partial charge in [0.25, 0.3) is 5.91 Å². The van der Waals surface area contributed by atoms with E-state index in [2.05, 4.69) is 15.6 Å². The molecular formula is C14H15FN4O3. The van der Waals surface area contributed by atoms with Gasteiger partial charge in [-0.15, -0.1) is 5.10 Å². The molecule has 2 aromatic rings. The molecule has 1 aromatic heterocycles. The van der Waals surface area contributed by atoms with Crippen LogP contribution in [0.25, 0.3) is 5.69 Å². The highest BCUT2D eigenvalue weighted by atomic mass is 19.1. The Kier molecular flexibility index (Phi) is 3.94. The number of halogens is 1. The highest BCUT2D eigenvalue weighted by Gasteiger charge is 2.31. The maximum absolute atomic E-state index is 12.9. The van der Waals surface area contributed by atoms with Crippen LogP contribution in [-0.4, -0.2) is 37.5 Å². The van der Waals surface area contributed by atoms with Crippen molar-refractivity contribution in [3.63, 3.8) is 0 Å². The molecular weight excluding hydrogens is 291 g/mol. The van der Waals surface area contributed by atoms with Gasteiger partial charge in [0, 0.05) is 0 Å². The van der Waals surface area contributed by atoms with E-state index in [0.717, 1.165) is 0 Å². The summed E-state index contributed by atoms with van der Waals surface area (Å²) in [5.74, 6) is -2.19. The number of carboxylic acid groups (broad SMARTS) is 1. The van der Waals surface area contributed by atoms with Crippen LogP contribution < -0.4 is 5.32 Å². The molecule has 7 nitrogen and oxygen atoms in total. The zero-order chi connectivity index (χ0) is 16.5. The summed E-state index contributed by atoms with van der Waals surface area (Å²) in [7, 11) is 0. The van der Waals surface area contributed by atoms with Crippen LogP contribution in [0.3, 0.4) is 0 Å². The predicted molar refractivity (Wildman–Crippen MR) is 75.2 cm³/mol. The Bertz CT molecular complexity index is 722. The Balaban J connectivity index is 2.30. The molecule has 116 valence electrons. The van der Waals surface area contributed by atoms with Crippen LogP contribution in [0.1, 0.15) is 30.0 Å². The summed E-state index contributed by atoms with van der Waals surface area (Å²) in [4.78, 5) is 23.2. The van der Waals surface area contributed by atoms with E-state index in [4.69, 9.17) is 5.11 Å². The summed E-state index contributed by atoms with van der Waals surface area (Å²) in [6.45, 7) is 4.35. The predicted octanol–water partition coefficient (Wildman–Crippen LogP) is 1.31. The van der Waals surface area contributed by atoms with Crippen LogP contribution in [0.15, 0.2) is 24.3 Å². The Labute approximate surface area is 125 Å². The molecule has 0 aliphatic carbocycles. The first-order valence-electron chi connectivity index (χ1n) is 6.46. The molecule has 0 fully saturated rings. The largest absolute Gasteiger partial charge is 0.480 e. The molecule has 1 heterocycles. The van der Waals surface area contributed by atoms with Gasteiger partial charge >= 0.3 is 5.97 Å². The van der Waals surface area contributed by atoms with E-state index in [1.165, 1.54) is 42.8 Å². The minimum atomic E-state index is -1.43. The van der Waals surface area contributed by atoms with Gasteiger partial charge in [0.1, 0.15) is 11.4 Å². The first kappa shape index (κ1) is 15.6. The molecule has 0 aliphatic rings. The van der Waals surface area contributed by atoms with Crippen molar-refractivity contribution >= 4 is 11.9 Å². The Morgan fingerprint density at radius 3 is 2.41 bits per heavy atom. The molecule has 0 unspecified atom stereocenters. The van der Waals surface area contributed by atoms with Crippen LogP contribution >= 0.6 is 0 Å². The lowest BCUT2D eigenvalue weighted by Gasteiger charge is -2.20. The molecule has 0 bridgehead atoms. The van der Waals surface area contributed by atoms with Crippen LogP contribution in [0.4, 0.5) is 4.39 Å². The fraction of sp³-hybridized carbons (Fsp3) is 0.286. The van der Waals surface area contributed by atoms with E-state index in [1.807, 2.05) is 0 Å². The minimum absolute atomic E-state index is 0.0126. The average molecular weight is 306 g/mol. The zero-order valence-corrected chi connectivity index (χ0v) is 12.3. The number of amides is 1. The summed E-state index contributed by atoms with van der Waals surface area (Å²) >= 11 is 0. The first-order chi connectivity index (χ1) is 10.2. The summed E-state index contributed by atoms with van der Waals surface area (Å²) in [6, 6.07) is 5.53. The molecule has 0 saturated carbocycles. The fourth-order valence-corrected chi connectivity index (χ4v) is 1.76. The van der Waals surface area contributed by atoms with Gasteiger partial charge in [-0.2, -0.15) is 0 Å². The van der Waals surface area contributed by atoms with Crippen molar-refractivity contribution in [2.75, 3.05) is 0 Å². The van der Waals surface area contributed by atoms with Crippen LogP contribution in [0.2, 0.25) is 0 Å². The molecule has 2 N–H and O–H groups in total. The smallest absolute Gasteiger partial charge is 0.328 e. The second-order valence-electron chi connectivity index (χ2n) is 5.30. The third kappa shape index (κ3) is 2.95. The lowest BCUT2D eigenvalue weighted by atomic mass is 10.1. The lowest BCUT2D eigenvalue weighted by Crippen LogP contribution is -2.49. The minimum Gasteiger partial charge on any atom is -0.480 e. The summed E-state index contributed by atoms with van der Waals surface area (Å²) in [5.41, 5.74) is -0.449. The summed E-state index contributed by atoms with van der Waals surface area (Å²) in [5, 5.41) is 19.0. The van der Waals surface area contributed by atoms with Crippen molar-refractivity contribution in [2.45, 2.75) is 26.3 Å². The third-order valence-electron chi connectivity index (χ3n) is 3.14. The molecule has 0 aliphatic heterocycles. The second-order valence-corrected chi connectivity index (χ2v) is 5.30. The van der Waals surface area contributed by atoms with Crippen molar-refractivity contribution in [1.82, 2.24) is 20.3 Å². The number of rotatable bonds is 4. The highest BCUT2D eigenvalue weighted by molar-refractivity contribution is 5.96. The molecule has 0 spiro atoms. The lowest BCUT2D eigenvalue weighted by molar-refractivity contribution is -0.143. The van der Waals surface area contributed by atoms with E-state index in [0.29, 0.717) is 11.4 Å². The van der Waals surface area contributed by atoms with E-state index >= 15 is 0 Å². The van der Waals surface area contributed by atoms with Crippen molar-refractivity contribution < 1.29 is 19.1 Å². The number of nitrogens with zero attached hydrogens (tertiary/aromatic N) is 3. The van der Waals surface area contributed by atoms with Crippen molar-refractivity contribution in [2.24, 2.45) is 0 Å². The number of hydrogen-bond acceptors (Lipinski definition) is 4. The highest BCUT2D eigenvalue weighted by Crippen LogP contribution is 2.14. The van der Waals surface area contributed by atoms with Crippen LogP contribution in [0, 0.1) is 12.7 Å². The molecule has 0 saturated heterocycles. The molecule has 2 rings (SSSR count). The topological polar surface area (TPSA) is 97.1 Å². The van der Waals surface area contributed by atoms with E-state index in [1.54, 1.807) is 6.92 Å². The number of hydrogen-bond donors (Lipinski definition) is 2. The Hall–Kier alpha value is -2.77. The SMILES string of the molecule is Cc1c(C(=O)NC(C)(C)C(=O)O)nnn1-c1ccc(F)cc1.